The Labute approximate surface area is 102 Å². The third-order valence-corrected chi connectivity index (χ3v) is 3.69. The van der Waals surface area contributed by atoms with Crippen molar-refractivity contribution in [2.24, 2.45) is 17.8 Å². The normalized spacial score (nSPS) is 26.8. The molecule has 2 unspecified atom stereocenters. The van der Waals surface area contributed by atoms with Gasteiger partial charge in [-0.2, -0.15) is 0 Å². The summed E-state index contributed by atoms with van der Waals surface area (Å²) >= 11 is 0. The minimum absolute atomic E-state index is 0.778. The van der Waals surface area contributed by atoms with Crippen LogP contribution in [0, 0.1) is 17.8 Å². The van der Waals surface area contributed by atoms with Gasteiger partial charge in [0, 0.05) is 13.1 Å². The van der Waals surface area contributed by atoms with E-state index in [9.17, 15) is 0 Å². The SMILES string of the molecule is CC(C)CNCCCCN1CC(C)C(C)C1. The highest BCUT2D eigenvalue weighted by molar-refractivity contribution is 4.78. The zero-order chi connectivity index (χ0) is 12.0. The fourth-order valence-corrected chi connectivity index (χ4v) is 2.41. The van der Waals surface area contributed by atoms with Gasteiger partial charge < -0.3 is 10.2 Å². The molecule has 96 valence electrons. The molecule has 1 heterocycles. The molecule has 0 aromatic heterocycles. The first-order valence-corrected chi connectivity index (χ1v) is 7.02. The molecule has 2 heteroatoms. The van der Waals surface area contributed by atoms with Crippen molar-refractivity contribution in [2.45, 2.75) is 40.5 Å². The van der Waals surface area contributed by atoms with Crippen LogP contribution >= 0.6 is 0 Å². The molecule has 1 N–H and O–H groups in total. The van der Waals surface area contributed by atoms with Gasteiger partial charge in [-0.05, 0) is 50.2 Å². The number of unbranched alkanes of at least 4 members (excludes halogenated alkanes) is 1. The predicted molar refractivity (Wildman–Crippen MR) is 71.7 cm³/mol. The number of hydrogen-bond acceptors (Lipinski definition) is 2. The fraction of sp³-hybridized carbons (Fsp3) is 1.00. The van der Waals surface area contributed by atoms with E-state index in [-0.39, 0.29) is 0 Å². The molecule has 0 bridgehead atoms. The third-order valence-electron chi connectivity index (χ3n) is 3.69. The molecule has 0 spiro atoms. The van der Waals surface area contributed by atoms with Crippen LogP contribution in [0.3, 0.4) is 0 Å². The van der Waals surface area contributed by atoms with Crippen molar-refractivity contribution < 1.29 is 0 Å². The molecule has 1 aliphatic heterocycles. The molecule has 0 saturated carbocycles. The standard InChI is InChI=1S/C14H30N2/c1-12(2)9-15-7-5-6-8-16-10-13(3)14(4)11-16/h12-15H,5-11H2,1-4H3. The summed E-state index contributed by atoms with van der Waals surface area (Å²) in [7, 11) is 0. The lowest BCUT2D eigenvalue weighted by Gasteiger charge is -2.15. The Morgan fingerprint density at radius 2 is 1.75 bits per heavy atom. The van der Waals surface area contributed by atoms with Crippen LogP contribution in [0.15, 0.2) is 0 Å². The van der Waals surface area contributed by atoms with E-state index in [1.165, 1.54) is 39.0 Å². The van der Waals surface area contributed by atoms with Gasteiger partial charge in [-0.15, -0.1) is 0 Å². The minimum Gasteiger partial charge on any atom is -0.316 e. The zero-order valence-electron chi connectivity index (χ0n) is 11.6. The first kappa shape index (κ1) is 14.0. The second-order valence-electron chi connectivity index (χ2n) is 6.02. The summed E-state index contributed by atoms with van der Waals surface area (Å²) in [5.41, 5.74) is 0. The maximum absolute atomic E-state index is 3.51. The maximum Gasteiger partial charge on any atom is 0.00102 e. The van der Waals surface area contributed by atoms with E-state index in [2.05, 4.69) is 37.9 Å². The Morgan fingerprint density at radius 3 is 2.31 bits per heavy atom. The highest BCUT2D eigenvalue weighted by Gasteiger charge is 2.24. The topological polar surface area (TPSA) is 15.3 Å². The van der Waals surface area contributed by atoms with Crippen LogP contribution in [0.5, 0.6) is 0 Å². The van der Waals surface area contributed by atoms with Gasteiger partial charge in [0.15, 0.2) is 0 Å². The van der Waals surface area contributed by atoms with E-state index in [4.69, 9.17) is 0 Å². The monoisotopic (exact) mass is 226 g/mol. The van der Waals surface area contributed by atoms with E-state index in [0.717, 1.165) is 24.3 Å². The molecule has 0 radical (unpaired) electrons. The Kier molecular flexibility index (Phi) is 6.37. The molecule has 1 aliphatic rings. The summed E-state index contributed by atoms with van der Waals surface area (Å²) < 4.78 is 0. The zero-order valence-corrected chi connectivity index (χ0v) is 11.6. The van der Waals surface area contributed by atoms with Crippen LogP contribution in [0.25, 0.3) is 0 Å². The average molecular weight is 226 g/mol. The van der Waals surface area contributed by atoms with Crippen molar-refractivity contribution in [1.29, 1.82) is 0 Å². The molecule has 16 heavy (non-hydrogen) atoms. The molecule has 0 amide bonds. The van der Waals surface area contributed by atoms with Crippen molar-refractivity contribution in [3.8, 4) is 0 Å². The third kappa shape index (κ3) is 5.31. The number of hydrogen-bond donors (Lipinski definition) is 1. The Balaban J connectivity index is 1.92. The molecule has 2 atom stereocenters. The first-order chi connectivity index (χ1) is 7.59. The molecule has 2 nitrogen and oxygen atoms in total. The second kappa shape index (κ2) is 7.29. The van der Waals surface area contributed by atoms with Gasteiger partial charge in [0.25, 0.3) is 0 Å². The van der Waals surface area contributed by atoms with Crippen LogP contribution in [0.1, 0.15) is 40.5 Å². The number of rotatable bonds is 7. The lowest BCUT2D eigenvalue weighted by molar-refractivity contribution is 0.314. The van der Waals surface area contributed by atoms with Gasteiger partial charge in [-0.1, -0.05) is 27.7 Å². The van der Waals surface area contributed by atoms with Gasteiger partial charge in [0.05, 0.1) is 0 Å². The number of nitrogens with zero attached hydrogens (tertiary/aromatic N) is 1. The van der Waals surface area contributed by atoms with Crippen LogP contribution in [0.2, 0.25) is 0 Å². The van der Waals surface area contributed by atoms with Gasteiger partial charge >= 0.3 is 0 Å². The summed E-state index contributed by atoms with van der Waals surface area (Å²) in [5.74, 6) is 2.58. The lowest BCUT2D eigenvalue weighted by Crippen LogP contribution is -2.24. The fourth-order valence-electron chi connectivity index (χ4n) is 2.41. The molecule has 0 aromatic rings. The van der Waals surface area contributed by atoms with E-state index in [1.54, 1.807) is 0 Å². The molecule has 1 fully saturated rings. The molecule has 0 aliphatic carbocycles. The summed E-state index contributed by atoms with van der Waals surface area (Å²) in [6, 6.07) is 0. The van der Waals surface area contributed by atoms with Crippen LogP contribution in [0.4, 0.5) is 0 Å². The summed E-state index contributed by atoms with van der Waals surface area (Å²) in [4.78, 5) is 2.64. The summed E-state index contributed by atoms with van der Waals surface area (Å²) in [6.45, 7) is 15.6. The predicted octanol–water partition coefficient (Wildman–Crippen LogP) is 2.60. The maximum atomic E-state index is 3.51. The lowest BCUT2D eigenvalue weighted by atomic mass is 10.0. The van der Waals surface area contributed by atoms with Gasteiger partial charge in [-0.3, -0.25) is 0 Å². The van der Waals surface area contributed by atoms with Crippen molar-refractivity contribution in [1.82, 2.24) is 10.2 Å². The minimum atomic E-state index is 0.778. The van der Waals surface area contributed by atoms with Crippen LogP contribution in [-0.4, -0.2) is 37.6 Å². The molecule has 0 aromatic carbocycles. The van der Waals surface area contributed by atoms with E-state index < -0.39 is 0 Å². The Bertz CT molecular complexity index is 170. The Hall–Kier alpha value is -0.0800. The highest BCUT2D eigenvalue weighted by atomic mass is 15.1. The smallest absolute Gasteiger partial charge is 0.00102 e. The quantitative estimate of drug-likeness (QED) is 0.671. The van der Waals surface area contributed by atoms with Gasteiger partial charge in [-0.25, -0.2) is 0 Å². The van der Waals surface area contributed by atoms with E-state index >= 15 is 0 Å². The summed E-state index contributed by atoms with van der Waals surface area (Å²) in [5, 5.41) is 3.51. The van der Waals surface area contributed by atoms with Gasteiger partial charge in [0.1, 0.15) is 0 Å². The highest BCUT2D eigenvalue weighted by Crippen LogP contribution is 2.21. The van der Waals surface area contributed by atoms with Crippen molar-refractivity contribution in [2.75, 3.05) is 32.7 Å². The first-order valence-electron chi connectivity index (χ1n) is 7.02. The summed E-state index contributed by atoms with van der Waals surface area (Å²) in [6.07, 6.45) is 2.68. The molecular formula is C14H30N2. The Morgan fingerprint density at radius 1 is 1.12 bits per heavy atom. The van der Waals surface area contributed by atoms with Crippen LogP contribution < -0.4 is 5.32 Å². The largest absolute Gasteiger partial charge is 0.316 e. The van der Waals surface area contributed by atoms with Crippen molar-refractivity contribution >= 4 is 0 Å². The number of likely N-dealkylation sites (tertiary alicyclic amines) is 1. The van der Waals surface area contributed by atoms with E-state index in [1.807, 2.05) is 0 Å². The van der Waals surface area contributed by atoms with Crippen molar-refractivity contribution in [3.63, 3.8) is 0 Å². The molecule has 1 saturated heterocycles. The van der Waals surface area contributed by atoms with Crippen molar-refractivity contribution in [3.05, 3.63) is 0 Å². The second-order valence-corrected chi connectivity index (χ2v) is 6.02. The molecule has 1 rings (SSSR count). The van der Waals surface area contributed by atoms with Crippen LogP contribution in [-0.2, 0) is 0 Å². The van der Waals surface area contributed by atoms with E-state index in [0.29, 0.717) is 0 Å². The number of nitrogens with one attached hydrogen (secondary N) is 1. The molecular weight excluding hydrogens is 196 g/mol. The van der Waals surface area contributed by atoms with Gasteiger partial charge in [0.2, 0.25) is 0 Å². The average Bonchev–Trinajstić information content (AvgIpc) is 2.52.